The predicted octanol–water partition coefficient (Wildman–Crippen LogP) is 4.21. The van der Waals surface area contributed by atoms with Crippen LogP contribution < -0.4 is 5.43 Å². The minimum absolute atomic E-state index is 0.171. The molecule has 0 N–H and O–H groups in total. The first-order chi connectivity index (χ1) is 8.15. The second kappa shape index (κ2) is 3.79. The van der Waals surface area contributed by atoms with Crippen LogP contribution in [-0.4, -0.2) is 0 Å². The smallest absolute Gasteiger partial charge is 0.196 e. The van der Waals surface area contributed by atoms with E-state index < -0.39 is 5.82 Å². The zero-order chi connectivity index (χ0) is 12.0. The number of halogens is 2. The van der Waals surface area contributed by atoms with E-state index in [-0.39, 0.29) is 5.43 Å². The predicted molar refractivity (Wildman–Crippen MR) is 70.6 cm³/mol. The quantitative estimate of drug-likeness (QED) is 0.556. The fourth-order valence-electron chi connectivity index (χ4n) is 1.80. The number of rotatable bonds is 0. The van der Waals surface area contributed by atoms with Crippen LogP contribution in [0, 0.1) is 5.82 Å². The average Bonchev–Trinajstić information content (AvgIpc) is 2.32. The first-order valence-corrected chi connectivity index (χ1v) is 6.16. The van der Waals surface area contributed by atoms with Crippen LogP contribution in [0.1, 0.15) is 0 Å². The lowest BCUT2D eigenvalue weighted by atomic mass is 10.2. The lowest BCUT2D eigenvalue weighted by Gasteiger charge is -2.01. The molecular weight excluding hydrogens is 259 g/mol. The van der Waals surface area contributed by atoms with Crippen molar-refractivity contribution < 1.29 is 4.39 Å². The van der Waals surface area contributed by atoms with Gasteiger partial charge in [-0.25, -0.2) is 4.39 Å². The van der Waals surface area contributed by atoms with Crippen LogP contribution in [0.15, 0.2) is 41.2 Å². The second-order valence-corrected chi connectivity index (χ2v) is 5.23. The normalized spacial score (nSPS) is 11.2. The largest absolute Gasteiger partial charge is 0.289 e. The van der Waals surface area contributed by atoms with Gasteiger partial charge in [-0.3, -0.25) is 4.79 Å². The summed E-state index contributed by atoms with van der Waals surface area (Å²) in [5, 5.41) is 1.46. The molecule has 1 aromatic heterocycles. The molecule has 4 heteroatoms. The van der Waals surface area contributed by atoms with Gasteiger partial charge in [-0.1, -0.05) is 11.6 Å². The molecule has 1 nitrogen and oxygen atoms in total. The molecule has 84 valence electrons. The minimum Gasteiger partial charge on any atom is -0.289 e. The minimum atomic E-state index is -0.400. The highest BCUT2D eigenvalue weighted by Gasteiger charge is 2.07. The van der Waals surface area contributed by atoms with E-state index >= 15 is 0 Å². The first kappa shape index (κ1) is 10.7. The van der Waals surface area contributed by atoms with Gasteiger partial charge >= 0.3 is 0 Å². The highest BCUT2D eigenvalue weighted by molar-refractivity contribution is 7.24. The highest BCUT2D eigenvalue weighted by atomic mass is 35.5. The van der Waals surface area contributed by atoms with E-state index in [2.05, 4.69) is 0 Å². The first-order valence-electron chi connectivity index (χ1n) is 4.97. The number of benzene rings is 2. The summed E-state index contributed by atoms with van der Waals surface area (Å²) >= 11 is 7.32. The number of hydrogen-bond acceptors (Lipinski definition) is 2. The Bertz CT molecular complexity index is 731. The van der Waals surface area contributed by atoms with Crippen molar-refractivity contribution >= 4 is 43.1 Å². The van der Waals surface area contributed by atoms with E-state index in [1.165, 1.54) is 23.5 Å². The van der Waals surface area contributed by atoms with Crippen LogP contribution >= 0.6 is 22.9 Å². The molecule has 0 amide bonds. The monoisotopic (exact) mass is 264 g/mol. The van der Waals surface area contributed by atoms with E-state index in [9.17, 15) is 9.18 Å². The molecule has 0 aliphatic carbocycles. The Morgan fingerprint density at radius 2 is 1.65 bits per heavy atom. The lowest BCUT2D eigenvalue weighted by Crippen LogP contribution is -2.01. The zero-order valence-electron chi connectivity index (χ0n) is 8.54. The van der Waals surface area contributed by atoms with Gasteiger partial charge in [-0.05, 0) is 36.4 Å². The Balaban J connectivity index is 2.58. The van der Waals surface area contributed by atoms with Crippen LogP contribution in [0.25, 0.3) is 20.2 Å². The molecule has 1 heterocycles. The Morgan fingerprint density at radius 3 is 2.41 bits per heavy atom. The molecule has 0 bridgehead atoms. The van der Waals surface area contributed by atoms with Gasteiger partial charge in [0.15, 0.2) is 5.43 Å². The Hall–Kier alpha value is -1.45. The standard InChI is InChI=1S/C13H6ClFOS/c14-7-1-3-11-9(5-7)13(16)10-6-8(15)2-4-12(10)17-11/h1-6H. The molecule has 0 spiro atoms. The summed E-state index contributed by atoms with van der Waals surface area (Å²) in [4.78, 5) is 12.2. The summed E-state index contributed by atoms with van der Waals surface area (Å²) in [5.74, 6) is -0.400. The van der Waals surface area contributed by atoms with Crippen molar-refractivity contribution in [3.63, 3.8) is 0 Å². The molecule has 2 aromatic carbocycles. The van der Waals surface area contributed by atoms with E-state index in [1.54, 1.807) is 18.2 Å². The summed E-state index contributed by atoms with van der Waals surface area (Å²) in [5.41, 5.74) is -0.171. The Kier molecular flexibility index (Phi) is 2.38. The zero-order valence-corrected chi connectivity index (χ0v) is 10.1. The molecule has 0 radical (unpaired) electrons. The summed E-state index contributed by atoms with van der Waals surface area (Å²) in [6.45, 7) is 0. The molecule has 3 aromatic rings. The molecule has 0 saturated carbocycles. The van der Waals surface area contributed by atoms with Gasteiger partial charge in [0.05, 0.1) is 0 Å². The van der Waals surface area contributed by atoms with Crippen molar-refractivity contribution in [3.05, 3.63) is 57.5 Å². The Labute approximate surface area is 105 Å². The van der Waals surface area contributed by atoms with Gasteiger partial charge in [-0.2, -0.15) is 0 Å². The van der Waals surface area contributed by atoms with Crippen LogP contribution in [0.3, 0.4) is 0 Å². The van der Waals surface area contributed by atoms with Crippen LogP contribution in [-0.2, 0) is 0 Å². The van der Waals surface area contributed by atoms with Crippen LogP contribution in [0.2, 0.25) is 5.02 Å². The van der Waals surface area contributed by atoms with Gasteiger partial charge in [-0.15, -0.1) is 11.3 Å². The van der Waals surface area contributed by atoms with E-state index in [1.807, 2.05) is 6.07 Å². The van der Waals surface area contributed by atoms with Crippen molar-refractivity contribution in [1.29, 1.82) is 0 Å². The summed E-state index contributed by atoms with van der Waals surface area (Å²) in [7, 11) is 0. The number of fused-ring (bicyclic) bond motifs is 2. The molecule has 3 rings (SSSR count). The fourth-order valence-corrected chi connectivity index (χ4v) is 3.01. The van der Waals surface area contributed by atoms with E-state index in [0.717, 1.165) is 9.40 Å². The van der Waals surface area contributed by atoms with Crippen LogP contribution in [0.4, 0.5) is 4.39 Å². The molecule has 0 aliphatic rings. The molecule has 0 aliphatic heterocycles. The third-order valence-electron chi connectivity index (χ3n) is 2.59. The van der Waals surface area contributed by atoms with Gasteiger partial charge in [0.25, 0.3) is 0 Å². The molecule has 0 unspecified atom stereocenters. The van der Waals surface area contributed by atoms with Gasteiger partial charge < -0.3 is 0 Å². The van der Waals surface area contributed by atoms with Crippen molar-refractivity contribution in [2.75, 3.05) is 0 Å². The SMILES string of the molecule is O=c1c2cc(F)ccc2sc2ccc(Cl)cc12. The molecule has 0 fully saturated rings. The van der Waals surface area contributed by atoms with Crippen LogP contribution in [0.5, 0.6) is 0 Å². The van der Waals surface area contributed by atoms with Crippen molar-refractivity contribution in [2.24, 2.45) is 0 Å². The van der Waals surface area contributed by atoms with E-state index in [4.69, 9.17) is 11.6 Å². The highest BCUT2D eigenvalue weighted by Crippen LogP contribution is 2.26. The topological polar surface area (TPSA) is 17.1 Å². The maximum Gasteiger partial charge on any atom is 0.196 e. The summed E-state index contributed by atoms with van der Waals surface area (Å²) in [6.07, 6.45) is 0. The number of hydrogen-bond donors (Lipinski definition) is 0. The summed E-state index contributed by atoms with van der Waals surface area (Å²) in [6, 6.07) is 9.45. The molecular formula is C13H6ClFOS. The third kappa shape index (κ3) is 1.72. The van der Waals surface area contributed by atoms with Gasteiger partial charge in [0.1, 0.15) is 5.82 Å². The van der Waals surface area contributed by atoms with Gasteiger partial charge in [0.2, 0.25) is 0 Å². The third-order valence-corrected chi connectivity index (χ3v) is 3.98. The van der Waals surface area contributed by atoms with Gasteiger partial charge in [0, 0.05) is 25.2 Å². The van der Waals surface area contributed by atoms with E-state index in [0.29, 0.717) is 15.8 Å². The van der Waals surface area contributed by atoms with Crippen molar-refractivity contribution in [3.8, 4) is 0 Å². The fraction of sp³-hybridized carbons (Fsp3) is 0. The molecule has 0 saturated heterocycles. The average molecular weight is 265 g/mol. The lowest BCUT2D eigenvalue weighted by molar-refractivity contribution is 0.630. The van der Waals surface area contributed by atoms with Crippen molar-refractivity contribution in [1.82, 2.24) is 0 Å². The molecule has 17 heavy (non-hydrogen) atoms. The Morgan fingerprint density at radius 1 is 1.00 bits per heavy atom. The van der Waals surface area contributed by atoms with Crippen molar-refractivity contribution in [2.45, 2.75) is 0 Å². The molecule has 0 atom stereocenters. The maximum absolute atomic E-state index is 13.1. The summed E-state index contributed by atoms with van der Waals surface area (Å²) < 4.78 is 14.8. The second-order valence-electron chi connectivity index (χ2n) is 3.71. The maximum atomic E-state index is 13.1.